The average molecular weight is 316 g/mol. The number of benzene rings is 1. The molecule has 0 spiro atoms. The lowest BCUT2D eigenvalue weighted by Gasteiger charge is -2.01. The highest BCUT2D eigenvalue weighted by molar-refractivity contribution is 5.87. The molecule has 3 rings (SSSR count). The lowest BCUT2D eigenvalue weighted by atomic mass is 10.2. The lowest BCUT2D eigenvalue weighted by molar-refractivity contribution is -0.139. The van der Waals surface area contributed by atoms with Crippen molar-refractivity contribution in [2.75, 3.05) is 6.79 Å². The Kier molecular flexibility index (Phi) is 4.01. The maximum absolute atomic E-state index is 11.6. The van der Waals surface area contributed by atoms with E-state index in [1.54, 1.807) is 24.3 Å². The largest absolute Gasteiger partial charge is 0.502 e. The van der Waals surface area contributed by atoms with Gasteiger partial charge >= 0.3 is 5.97 Å². The normalized spacial score (nSPS) is 12.5. The molecular weight excluding hydrogens is 304 g/mol. The molecule has 1 aromatic carbocycles. The van der Waals surface area contributed by atoms with Crippen molar-refractivity contribution in [3.05, 3.63) is 58.2 Å². The monoisotopic (exact) mass is 316 g/mol. The fourth-order valence-corrected chi connectivity index (χ4v) is 1.89. The average Bonchev–Trinajstić information content (AvgIpc) is 3.01. The Morgan fingerprint density at radius 2 is 2.09 bits per heavy atom. The maximum atomic E-state index is 11.6. The number of hydrogen-bond acceptors (Lipinski definition) is 7. The van der Waals surface area contributed by atoms with Gasteiger partial charge in [-0.05, 0) is 23.8 Å². The van der Waals surface area contributed by atoms with Crippen LogP contribution in [-0.4, -0.2) is 17.9 Å². The molecule has 1 aromatic heterocycles. The summed E-state index contributed by atoms with van der Waals surface area (Å²) in [6.07, 6.45) is 3.71. The van der Waals surface area contributed by atoms with Crippen LogP contribution in [0.2, 0.25) is 0 Å². The molecule has 7 heteroatoms. The molecule has 2 heterocycles. The molecule has 0 saturated carbocycles. The number of fused-ring (bicyclic) bond motifs is 1. The van der Waals surface area contributed by atoms with E-state index in [1.807, 2.05) is 0 Å². The third-order valence-corrected chi connectivity index (χ3v) is 3.03. The highest BCUT2D eigenvalue weighted by Gasteiger charge is 2.12. The van der Waals surface area contributed by atoms with E-state index in [2.05, 4.69) is 0 Å². The van der Waals surface area contributed by atoms with Crippen molar-refractivity contribution < 1.29 is 28.5 Å². The van der Waals surface area contributed by atoms with Crippen molar-refractivity contribution in [1.29, 1.82) is 0 Å². The zero-order valence-electron chi connectivity index (χ0n) is 11.9. The van der Waals surface area contributed by atoms with Crippen LogP contribution in [0, 0.1) is 0 Å². The molecule has 1 aliphatic rings. The Morgan fingerprint density at radius 3 is 2.91 bits per heavy atom. The quantitative estimate of drug-likeness (QED) is 0.679. The first-order valence-corrected chi connectivity index (χ1v) is 6.67. The number of esters is 1. The van der Waals surface area contributed by atoms with Gasteiger partial charge in [0.1, 0.15) is 18.6 Å². The molecule has 2 aromatic rings. The molecular formula is C16H12O7. The smallest absolute Gasteiger partial charge is 0.331 e. The van der Waals surface area contributed by atoms with Gasteiger partial charge in [-0.2, -0.15) is 0 Å². The fraction of sp³-hybridized carbons (Fsp3) is 0.125. The zero-order chi connectivity index (χ0) is 16.2. The van der Waals surface area contributed by atoms with Crippen LogP contribution >= 0.6 is 0 Å². The molecule has 7 nitrogen and oxygen atoms in total. The molecule has 0 bridgehead atoms. The predicted molar refractivity (Wildman–Crippen MR) is 78.0 cm³/mol. The van der Waals surface area contributed by atoms with Crippen molar-refractivity contribution >= 4 is 12.0 Å². The molecule has 0 atom stereocenters. The van der Waals surface area contributed by atoms with Crippen LogP contribution < -0.4 is 14.9 Å². The van der Waals surface area contributed by atoms with Crippen LogP contribution in [0.1, 0.15) is 11.3 Å². The topological polar surface area (TPSA) is 95.2 Å². The van der Waals surface area contributed by atoms with Crippen LogP contribution in [0.5, 0.6) is 17.2 Å². The van der Waals surface area contributed by atoms with E-state index < -0.39 is 17.1 Å². The molecule has 23 heavy (non-hydrogen) atoms. The first-order valence-electron chi connectivity index (χ1n) is 6.67. The molecule has 0 amide bonds. The lowest BCUT2D eigenvalue weighted by Crippen LogP contribution is -2.04. The Balaban J connectivity index is 1.58. The number of ether oxygens (including phenoxy) is 3. The van der Waals surface area contributed by atoms with Gasteiger partial charge in [0, 0.05) is 12.1 Å². The number of aromatic hydroxyl groups is 1. The van der Waals surface area contributed by atoms with E-state index in [1.165, 1.54) is 6.08 Å². The van der Waals surface area contributed by atoms with Gasteiger partial charge in [-0.3, -0.25) is 4.79 Å². The molecule has 0 fully saturated rings. The van der Waals surface area contributed by atoms with Crippen LogP contribution in [-0.2, 0) is 16.1 Å². The number of rotatable bonds is 4. The van der Waals surface area contributed by atoms with E-state index in [4.69, 9.17) is 23.7 Å². The summed E-state index contributed by atoms with van der Waals surface area (Å²) in [5.74, 6) is 0.317. The molecule has 0 aliphatic carbocycles. The summed E-state index contributed by atoms with van der Waals surface area (Å²) in [5.41, 5.74) is 0.153. The third kappa shape index (κ3) is 3.52. The predicted octanol–water partition coefficient (Wildman–Crippen LogP) is 1.83. The minimum Gasteiger partial charge on any atom is -0.502 e. The summed E-state index contributed by atoms with van der Waals surface area (Å²) in [7, 11) is 0. The molecule has 0 saturated heterocycles. The van der Waals surface area contributed by atoms with Gasteiger partial charge in [0.05, 0.1) is 0 Å². The van der Waals surface area contributed by atoms with Gasteiger partial charge in [0.15, 0.2) is 17.2 Å². The highest BCUT2D eigenvalue weighted by Crippen LogP contribution is 2.32. The standard InChI is InChI=1S/C16H12O7/c17-12-6-11(20-8-13(12)18)7-21-16(19)4-2-10-1-3-14-15(5-10)23-9-22-14/h1-6,8,18H,7,9H2/b4-2+. The van der Waals surface area contributed by atoms with E-state index in [0.29, 0.717) is 11.5 Å². The number of carbonyl (C=O) groups is 1. The fourth-order valence-electron chi connectivity index (χ4n) is 1.89. The Hall–Kier alpha value is -3.22. The Bertz CT molecular complexity index is 819. The number of carbonyl (C=O) groups excluding carboxylic acids is 1. The van der Waals surface area contributed by atoms with Gasteiger partial charge in [-0.1, -0.05) is 6.07 Å². The van der Waals surface area contributed by atoms with Crippen molar-refractivity contribution in [3.63, 3.8) is 0 Å². The first kappa shape index (κ1) is 14.7. The van der Waals surface area contributed by atoms with Gasteiger partial charge in [0.25, 0.3) is 0 Å². The number of hydrogen-bond donors (Lipinski definition) is 1. The second-order valence-corrected chi connectivity index (χ2v) is 4.65. The van der Waals surface area contributed by atoms with E-state index in [9.17, 15) is 9.59 Å². The van der Waals surface area contributed by atoms with Crippen LogP contribution in [0.15, 0.2) is 45.8 Å². The summed E-state index contributed by atoms with van der Waals surface area (Å²) >= 11 is 0. The van der Waals surface area contributed by atoms with Crippen molar-refractivity contribution in [2.24, 2.45) is 0 Å². The summed E-state index contributed by atoms with van der Waals surface area (Å²) in [4.78, 5) is 22.8. The Labute approximate surface area is 130 Å². The maximum Gasteiger partial charge on any atom is 0.331 e. The van der Waals surface area contributed by atoms with Crippen molar-refractivity contribution in [1.82, 2.24) is 0 Å². The summed E-state index contributed by atoms with van der Waals surface area (Å²) in [6.45, 7) is -0.0256. The van der Waals surface area contributed by atoms with Gasteiger partial charge < -0.3 is 23.7 Å². The molecule has 0 radical (unpaired) electrons. The highest BCUT2D eigenvalue weighted by atomic mass is 16.7. The van der Waals surface area contributed by atoms with Crippen LogP contribution in [0.4, 0.5) is 0 Å². The second kappa shape index (κ2) is 6.27. The summed E-state index contributed by atoms with van der Waals surface area (Å²) in [5, 5.41) is 9.05. The van der Waals surface area contributed by atoms with Crippen molar-refractivity contribution in [2.45, 2.75) is 6.61 Å². The summed E-state index contributed by atoms with van der Waals surface area (Å²) < 4.78 is 20.3. The molecule has 1 N–H and O–H groups in total. The van der Waals surface area contributed by atoms with E-state index >= 15 is 0 Å². The minimum absolute atomic E-state index is 0.137. The molecule has 118 valence electrons. The molecule has 1 aliphatic heterocycles. The summed E-state index contributed by atoms with van der Waals surface area (Å²) in [6, 6.07) is 6.32. The van der Waals surface area contributed by atoms with Gasteiger partial charge in [-0.15, -0.1) is 0 Å². The van der Waals surface area contributed by atoms with Gasteiger partial charge in [0.2, 0.25) is 12.2 Å². The minimum atomic E-state index is -0.599. The van der Waals surface area contributed by atoms with E-state index in [-0.39, 0.29) is 19.2 Å². The Morgan fingerprint density at radius 1 is 1.26 bits per heavy atom. The van der Waals surface area contributed by atoms with E-state index in [0.717, 1.165) is 17.9 Å². The van der Waals surface area contributed by atoms with Gasteiger partial charge in [-0.25, -0.2) is 4.79 Å². The molecule has 0 unspecified atom stereocenters. The van der Waals surface area contributed by atoms with Crippen molar-refractivity contribution in [3.8, 4) is 17.2 Å². The second-order valence-electron chi connectivity index (χ2n) is 4.65. The SMILES string of the molecule is O=C(/C=C/c1ccc2c(c1)OCO2)OCc1cc(=O)c(O)co1. The third-order valence-electron chi connectivity index (χ3n) is 3.03. The van der Waals surface area contributed by atoms with Crippen LogP contribution in [0.25, 0.3) is 6.08 Å². The first-order chi connectivity index (χ1) is 11.1. The zero-order valence-corrected chi connectivity index (χ0v) is 11.9. The van der Waals surface area contributed by atoms with Crippen LogP contribution in [0.3, 0.4) is 0 Å².